The zero-order valence-electron chi connectivity index (χ0n) is 16.0. The van der Waals surface area contributed by atoms with Crippen LogP contribution in [0.15, 0.2) is 58.7 Å². The number of aromatic hydroxyl groups is 1. The predicted molar refractivity (Wildman–Crippen MR) is 118 cm³/mol. The molecule has 0 spiro atoms. The Labute approximate surface area is 173 Å². The van der Waals surface area contributed by atoms with E-state index >= 15 is 0 Å². The summed E-state index contributed by atoms with van der Waals surface area (Å²) < 4.78 is 1.03. The maximum Gasteiger partial charge on any atom is 0.182 e. The van der Waals surface area contributed by atoms with Gasteiger partial charge in [-0.15, -0.1) is 0 Å². The molecule has 1 saturated heterocycles. The van der Waals surface area contributed by atoms with Gasteiger partial charge in [-0.2, -0.15) is 0 Å². The number of oxime groups is 1. The first-order valence-electron chi connectivity index (χ1n) is 9.83. The zero-order valence-corrected chi connectivity index (χ0v) is 16.8. The summed E-state index contributed by atoms with van der Waals surface area (Å²) in [5.74, 6) is 0. The zero-order chi connectivity index (χ0) is 19.6. The highest BCUT2D eigenvalue weighted by Crippen LogP contribution is 2.40. The molecule has 7 heteroatoms. The molecule has 2 aliphatic rings. The van der Waals surface area contributed by atoms with Crippen molar-refractivity contribution in [2.45, 2.75) is 0 Å². The minimum Gasteiger partial charge on any atom is -0.499 e. The number of nitrogens with one attached hydrogen (secondary N) is 1. The van der Waals surface area contributed by atoms with E-state index in [9.17, 15) is 5.11 Å². The number of fused-ring (bicyclic) bond motifs is 2. The van der Waals surface area contributed by atoms with E-state index in [1.54, 1.807) is 0 Å². The summed E-state index contributed by atoms with van der Waals surface area (Å²) in [5, 5.41) is 19.7. The van der Waals surface area contributed by atoms with E-state index in [-0.39, 0.29) is 5.06 Å². The first-order chi connectivity index (χ1) is 14.3. The molecule has 0 bridgehead atoms. The van der Waals surface area contributed by atoms with Crippen molar-refractivity contribution in [2.24, 2.45) is 10.1 Å². The Kier molecular flexibility index (Phi) is 5.01. The molecule has 2 aliphatic heterocycles. The molecule has 0 atom stereocenters. The van der Waals surface area contributed by atoms with E-state index in [0.717, 1.165) is 59.6 Å². The van der Waals surface area contributed by atoms with E-state index in [0.29, 0.717) is 18.0 Å². The number of para-hydroxylation sites is 1. The third-order valence-corrected chi connectivity index (χ3v) is 6.27. The lowest BCUT2D eigenvalue weighted by atomic mass is 10.0. The first-order valence-corrected chi connectivity index (χ1v) is 10.7. The van der Waals surface area contributed by atoms with Gasteiger partial charge in [0.2, 0.25) is 0 Å². The molecular formula is C22H22N4O2S. The molecule has 3 aromatic rings. The fraction of sp³-hybridized carbons (Fsp3) is 0.273. The summed E-state index contributed by atoms with van der Waals surface area (Å²) in [6, 6.07) is 15.9. The lowest BCUT2D eigenvalue weighted by Gasteiger charge is -2.26. The summed E-state index contributed by atoms with van der Waals surface area (Å²) >= 11 is 1.36. The second-order valence-electron chi connectivity index (χ2n) is 7.12. The van der Waals surface area contributed by atoms with E-state index in [4.69, 9.17) is 9.83 Å². The summed E-state index contributed by atoms with van der Waals surface area (Å²) in [6.45, 7) is 5.47. The summed E-state index contributed by atoms with van der Waals surface area (Å²) in [7, 11) is 0. The van der Waals surface area contributed by atoms with Crippen LogP contribution in [0.4, 0.5) is 5.69 Å². The Morgan fingerprint density at radius 2 is 1.90 bits per heavy atom. The quantitative estimate of drug-likeness (QED) is 0.504. The van der Waals surface area contributed by atoms with E-state index in [1.807, 2.05) is 48.5 Å². The van der Waals surface area contributed by atoms with Gasteiger partial charge in [0.05, 0.1) is 11.3 Å². The van der Waals surface area contributed by atoms with Gasteiger partial charge in [-0.3, -0.25) is 4.90 Å². The van der Waals surface area contributed by atoms with Gasteiger partial charge in [-0.25, -0.2) is 4.99 Å². The van der Waals surface area contributed by atoms with Gasteiger partial charge < -0.3 is 15.3 Å². The van der Waals surface area contributed by atoms with Gasteiger partial charge in [0.25, 0.3) is 0 Å². The largest absolute Gasteiger partial charge is 0.499 e. The van der Waals surface area contributed by atoms with Gasteiger partial charge in [-0.05, 0) is 12.1 Å². The van der Waals surface area contributed by atoms with Crippen LogP contribution in [0.1, 0.15) is 11.1 Å². The van der Waals surface area contributed by atoms with Crippen LogP contribution in [0.5, 0.6) is 5.06 Å². The maximum absolute atomic E-state index is 10.7. The number of nitrogens with zero attached hydrogens (tertiary/aromatic N) is 3. The van der Waals surface area contributed by atoms with Crippen molar-refractivity contribution in [3.8, 4) is 5.06 Å². The molecular weight excluding hydrogens is 384 g/mol. The highest BCUT2D eigenvalue weighted by atomic mass is 32.1. The Morgan fingerprint density at radius 1 is 1.10 bits per heavy atom. The number of piperazine rings is 1. The average Bonchev–Trinajstić information content (AvgIpc) is 3.28. The van der Waals surface area contributed by atoms with Gasteiger partial charge in [-0.1, -0.05) is 52.9 Å². The highest BCUT2D eigenvalue weighted by molar-refractivity contribution is 7.21. The predicted octanol–water partition coefficient (Wildman–Crippen LogP) is 3.37. The molecule has 0 amide bonds. The van der Waals surface area contributed by atoms with Gasteiger partial charge in [0.1, 0.15) is 18.0 Å². The van der Waals surface area contributed by atoms with Gasteiger partial charge in [0.15, 0.2) is 5.06 Å². The Morgan fingerprint density at radius 3 is 2.79 bits per heavy atom. The second kappa shape index (κ2) is 7.94. The summed E-state index contributed by atoms with van der Waals surface area (Å²) in [5.41, 5.74) is 3.86. The number of hydrogen-bond donors (Lipinski definition) is 2. The van der Waals surface area contributed by atoms with Crippen LogP contribution in [-0.2, 0) is 4.84 Å². The van der Waals surface area contributed by atoms with Crippen molar-refractivity contribution in [2.75, 3.05) is 39.3 Å². The normalized spacial score (nSPS) is 18.2. The fourth-order valence-electron chi connectivity index (χ4n) is 3.82. The third kappa shape index (κ3) is 3.53. The van der Waals surface area contributed by atoms with E-state index < -0.39 is 0 Å². The fourth-order valence-corrected chi connectivity index (χ4v) is 4.76. The topological polar surface area (TPSA) is 69.5 Å². The second-order valence-corrected chi connectivity index (χ2v) is 8.15. The van der Waals surface area contributed by atoms with E-state index in [2.05, 4.69) is 15.4 Å². The Balaban J connectivity index is 1.45. The molecule has 0 radical (unpaired) electrons. The molecule has 3 heterocycles. The number of rotatable bonds is 5. The third-order valence-electron chi connectivity index (χ3n) is 5.29. The molecule has 0 aliphatic carbocycles. The molecule has 0 saturated carbocycles. The number of benzene rings is 2. The molecule has 1 aromatic heterocycles. The molecule has 5 rings (SSSR count). The first kappa shape index (κ1) is 18.3. The van der Waals surface area contributed by atoms with Crippen molar-refractivity contribution < 1.29 is 9.94 Å². The summed E-state index contributed by atoms with van der Waals surface area (Å²) in [6.07, 6.45) is 0. The molecule has 148 valence electrons. The lowest BCUT2D eigenvalue weighted by molar-refractivity contribution is 0.106. The minimum atomic E-state index is 0.256. The van der Waals surface area contributed by atoms with Gasteiger partial charge >= 0.3 is 0 Å². The van der Waals surface area contributed by atoms with E-state index in [1.165, 1.54) is 11.3 Å². The number of hydrogen-bond acceptors (Lipinski definition) is 7. The Hall–Kier alpha value is -2.74. The van der Waals surface area contributed by atoms with Crippen molar-refractivity contribution in [1.29, 1.82) is 0 Å². The van der Waals surface area contributed by atoms with Crippen molar-refractivity contribution >= 4 is 38.5 Å². The van der Waals surface area contributed by atoms with Crippen molar-refractivity contribution in [1.82, 2.24) is 10.2 Å². The van der Waals surface area contributed by atoms with Crippen molar-refractivity contribution in [3.05, 3.63) is 59.7 Å². The molecule has 0 unspecified atom stereocenters. The van der Waals surface area contributed by atoms with Crippen LogP contribution >= 0.6 is 11.3 Å². The average molecular weight is 407 g/mol. The number of thiophene rings is 1. The highest BCUT2D eigenvalue weighted by Gasteiger charge is 2.29. The summed E-state index contributed by atoms with van der Waals surface area (Å²) in [4.78, 5) is 12.9. The lowest BCUT2D eigenvalue weighted by Crippen LogP contribution is -2.44. The molecule has 1 fully saturated rings. The Bertz CT molecular complexity index is 1100. The maximum atomic E-state index is 10.7. The number of aliphatic imine (C=N–C) groups is 1. The molecule has 29 heavy (non-hydrogen) atoms. The minimum absolute atomic E-state index is 0.256. The monoisotopic (exact) mass is 406 g/mol. The van der Waals surface area contributed by atoms with Crippen molar-refractivity contribution in [3.63, 3.8) is 0 Å². The SMILES string of the molecule is Oc1sc2ccccc2c1C1=Nc2ccccc2/C1=N\OCCN1CCNCC1. The van der Waals surface area contributed by atoms with Crippen LogP contribution in [0.3, 0.4) is 0 Å². The van der Waals surface area contributed by atoms with Crippen LogP contribution in [0.2, 0.25) is 0 Å². The molecule has 2 N–H and O–H groups in total. The van der Waals surface area contributed by atoms with Gasteiger partial charge in [0, 0.05) is 48.4 Å². The van der Waals surface area contributed by atoms with Crippen LogP contribution in [0, 0.1) is 0 Å². The van der Waals surface area contributed by atoms with Crippen LogP contribution in [-0.4, -0.2) is 60.8 Å². The van der Waals surface area contributed by atoms with Crippen LogP contribution in [0.25, 0.3) is 10.1 Å². The molecule has 2 aromatic carbocycles. The molecule has 6 nitrogen and oxygen atoms in total. The van der Waals surface area contributed by atoms with Crippen LogP contribution < -0.4 is 5.32 Å². The standard InChI is InChI=1S/C22H22N4O2S/c27-22-19(16-6-2-4-8-18(16)29-22)21-20(15-5-1-3-7-17(15)24-21)25-28-14-13-26-11-9-23-10-12-26/h1-8,23,27H,9-14H2/b25-20+. The smallest absolute Gasteiger partial charge is 0.182 e.